The number of hydrogen-bond donors (Lipinski definition) is 1. The molecule has 0 spiro atoms. The van der Waals surface area contributed by atoms with Crippen LogP contribution in [0.2, 0.25) is 0 Å². The summed E-state index contributed by atoms with van der Waals surface area (Å²) in [6.45, 7) is 5.31. The lowest BCUT2D eigenvalue weighted by molar-refractivity contribution is -0.124. The molecule has 0 saturated carbocycles. The summed E-state index contributed by atoms with van der Waals surface area (Å²) in [6, 6.07) is 15.6. The lowest BCUT2D eigenvalue weighted by Crippen LogP contribution is -2.50. The van der Waals surface area contributed by atoms with Gasteiger partial charge in [0.1, 0.15) is 0 Å². The van der Waals surface area contributed by atoms with Crippen LogP contribution < -0.4 is 5.32 Å². The van der Waals surface area contributed by atoms with Crippen LogP contribution in [-0.4, -0.2) is 54.8 Å². The van der Waals surface area contributed by atoms with E-state index < -0.39 is 0 Å². The molecule has 2 aliphatic rings. The number of benzene rings is 2. The summed E-state index contributed by atoms with van der Waals surface area (Å²) in [4.78, 5) is 30.8. The molecule has 0 fully saturated rings. The minimum absolute atomic E-state index is 0.00513. The molecular weight excluding hydrogens is 374 g/mol. The van der Waals surface area contributed by atoms with Crippen molar-refractivity contribution in [3.05, 3.63) is 70.8 Å². The number of carbonyl (C=O) groups is 2. The number of nitrogens with zero attached hydrogens (tertiary/aromatic N) is 2. The van der Waals surface area contributed by atoms with Gasteiger partial charge in [-0.3, -0.25) is 9.59 Å². The lowest BCUT2D eigenvalue weighted by atomic mass is 9.76. The van der Waals surface area contributed by atoms with Crippen LogP contribution in [0, 0.1) is 0 Å². The standard InChI is InChI=1S/C25H31N3O2/c1-3-4-15-27(2)17-14-26-24(29)22-20-11-7-8-12-21(20)25(30)28-16-13-18-9-5-6-10-19(18)23(22)28/h5-12,22-23H,3-4,13-17H2,1-2H3,(H,26,29)/t22-,23-/m0/s1. The molecule has 30 heavy (non-hydrogen) atoms. The number of nitrogens with one attached hydrogen (secondary N) is 1. The van der Waals surface area contributed by atoms with Gasteiger partial charge >= 0.3 is 0 Å². The maximum Gasteiger partial charge on any atom is 0.254 e. The van der Waals surface area contributed by atoms with Crippen LogP contribution >= 0.6 is 0 Å². The molecule has 2 aromatic carbocycles. The first-order valence-electron chi connectivity index (χ1n) is 11.1. The third kappa shape index (κ3) is 3.86. The van der Waals surface area contributed by atoms with Crippen molar-refractivity contribution < 1.29 is 9.59 Å². The highest BCUT2D eigenvalue weighted by Crippen LogP contribution is 2.45. The van der Waals surface area contributed by atoms with Gasteiger partial charge in [-0.05, 0) is 49.2 Å². The fourth-order valence-electron chi connectivity index (χ4n) is 4.78. The normalized spacial score (nSPS) is 19.8. The summed E-state index contributed by atoms with van der Waals surface area (Å²) in [6.07, 6.45) is 3.16. The molecule has 0 bridgehead atoms. The van der Waals surface area contributed by atoms with E-state index in [0.717, 1.165) is 37.1 Å². The molecule has 2 aliphatic heterocycles. The van der Waals surface area contributed by atoms with Crippen LogP contribution in [0.25, 0.3) is 0 Å². The first-order valence-corrected chi connectivity index (χ1v) is 11.1. The van der Waals surface area contributed by atoms with Gasteiger partial charge in [-0.2, -0.15) is 0 Å². The van der Waals surface area contributed by atoms with Crippen molar-refractivity contribution in [1.82, 2.24) is 15.1 Å². The fourth-order valence-corrected chi connectivity index (χ4v) is 4.78. The molecule has 0 radical (unpaired) electrons. The van der Waals surface area contributed by atoms with Crippen LogP contribution in [0.4, 0.5) is 0 Å². The zero-order chi connectivity index (χ0) is 21.1. The molecule has 1 N–H and O–H groups in total. The fraction of sp³-hybridized carbons (Fsp3) is 0.440. The Kier molecular flexibility index (Phi) is 6.18. The van der Waals surface area contributed by atoms with E-state index in [-0.39, 0.29) is 23.8 Å². The topological polar surface area (TPSA) is 52.7 Å². The Hall–Kier alpha value is -2.66. The van der Waals surface area contributed by atoms with Gasteiger partial charge in [-0.1, -0.05) is 55.8 Å². The number of hydrogen-bond acceptors (Lipinski definition) is 3. The van der Waals surface area contributed by atoms with E-state index in [2.05, 4.69) is 36.3 Å². The minimum atomic E-state index is -0.388. The van der Waals surface area contributed by atoms with Gasteiger partial charge < -0.3 is 15.1 Å². The summed E-state index contributed by atoms with van der Waals surface area (Å²) in [5, 5.41) is 3.16. The van der Waals surface area contributed by atoms with Crippen molar-refractivity contribution in [3.63, 3.8) is 0 Å². The third-order valence-corrected chi connectivity index (χ3v) is 6.40. The van der Waals surface area contributed by atoms with Crippen molar-refractivity contribution in [2.45, 2.75) is 38.1 Å². The van der Waals surface area contributed by atoms with E-state index in [1.807, 2.05) is 41.3 Å². The van der Waals surface area contributed by atoms with Crippen molar-refractivity contribution >= 4 is 11.8 Å². The van der Waals surface area contributed by atoms with Gasteiger partial charge in [0.25, 0.3) is 5.91 Å². The zero-order valence-corrected chi connectivity index (χ0v) is 17.9. The van der Waals surface area contributed by atoms with Gasteiger partial charge in [-0.25, -0.2) is 0 Å². The quantitative estimate of drug-likeness (QED) is 0.768. The van der Waals surface area contributed by atoms with Crippen LogP contribution in [-0.2, 0) is 11.2 Å². The Labute approximate surface area is 179 Å². The second kappa shape index (κ2) is 9.00. The summed E-state index contributed by atoms with van der Waals surface area (Å²) in [5.74, 6) is -0.347. The SMILES string of the molecule is CCCCN(C)CCNC(=O)[C@H]1c2ccccc2C(=O)N2CCc3ccccc3[C@@H]12. The molecule has 5 nitrogen and oxygen atoms in total. The minimum Gasteiger partial charge on any atom is -0.354 e. The molecular formula is C25H31N3O2. The Morgan fingerprint density at radius 3 is 2.63 bits per heavy atom. The van der Waals surface area contributed by atoms with E-state index in [4.69, 9.17) is 0 Å². The summed E-state index contributed by atoms with van der Waals surface area (Å²) >= 11 is 0. The average Bonchev–Trinajstić information content (AvgIpc) is 2.77. The van der Waals surface area contributed by atoms with E-state index >= 15 is 0 Å². The first-order chi connectivity index (χ1) is 14.6. The maximum atomic E-state index is 13.5. The summed E-state index contributed by atoms with van der Waals surface area (Å²) in [7, 11) is 2.09. The molecule has 0 aromatic heterocycles. The molecule has 2 aromatic rings. The predicted octanol–water partition coefficient (Wildman–Crippen LogP) is 3.37. The largest absolute Gasteiger partial charge is 0.354 e. The lowest BCUT2D eigenvalue weighted by Gasteiger charge is -2.45. The van der Waals surface area contributed by atoms with Gasteiger partial charge in [-0.15, -0.1) is 0 Å². The van der Waals surface area contributed by atoms with Crippen LogP contribution in [0.3, 0.4) is 0 Å². The Bertz CT molecular complexity index is 926. The van der Waals surface area contributed by atoms with E-state index in [9.17, 15) is 9.59 Å². The molecule has 2 heterocycles. The Morgan fingerprint density at radius 2 is 1.83 bits per heavy atom. The van der Waals surface area contributed by atoms with Gasteiger partial charge in [0, 0.05) is 25.2 Å². The highest BCUT2D eigenvalue weighted by Gasteiger charge is 2.45. The zero-order valence-electron chi connectivity index (χ0n) is 17.9. The third-order valence-electron chi connectivity index (χ3n) is 6.40. The summed E-state index contributed by atoms with van der Waals surface area (Å²) in [5.41, 5.74) is 3.85. The smallest absolute Gasteiger partial charge is 0.254 e. The first kappa shape index (κ1) is 20.6. The van der Waals surface area contributed by atoms with E-state index in [0.29, 0.717) is 18.7 Å². The monoisotopic (exact) mass is 405 g/mol. The van der Waals surface area contributed by atoms with Crippen molar-refractivity contribution in [2.75, 3.05) is 33.2 Å². The molecule has 5 heteroatoms. The highest BCUT2D eigenvalue weighted by molar-refractivity contribution is 6.01. The second-order valence-corrected chi connectivity index (χ2v) is 8.40. The van der Waals surface area contributed by atoms with E-state index in [1.165, 1.54) is 12.0 Å². The summed E-state index contributed by atoms with van der Waals surface area (Å²) < 4.78 is 0. The van der Waals surface area contributed by atoms with Crippen LogP contribution in [0.1, 0.15) is 58.8 Å². The van der Waals surface area contributed by atoms with Gasteiger partial charge in [0.2, 0.25) is 5.91 Å². The number of fused-ring (bicyclic) bond motifs is 4. The second-order valence-electron chi connectivity index (χ2n) is 8.40. The van der Waals surface area contributed by atoms with Gasteiger partial charge in [0.05, 0.1) is 12.0 Å². The molecule has 0 saturated heterocycles. The Balaban J connectivity index is 1.61. The molecule has 0 unspecified atom stereocenters. The highest BCUT2D eigenvalue weighted by atomic mass is 16.2. The molecule has 0 aliphatic carbocycles. The van der Waals surface area contributed by atoms with Gasteiger partial charge in [0.15, 0.2) is 0 Å². The molecule has 2 atom stereocenters. The van der Waals surface area contributed by atoms with Crippen molar-refractivity contribution in [1.29, 1.82) is 0 Å². The molecule has 158 valence electrons. The van der Waals surface area contributed by atoms with E-state index in [1.54, 1.807) is 0 Å². The number of rotatable bonds is 7. The predicted molar refractivity (Wildman–Crippen MR) is 119 cm³/mol. The number of carbonyl (C=O) groups excluding carboxylic acids is 2. The number of amides is 2. The number of likely N-dealkylation sites (N-methyl/N-ethyl adjacent to an activating group) is 1. The average molecular weight is 406 g/mol. The van der Waals surface area contributed by atoms with Crippen LogP contribution in [0.15, 0.2) is 48.5 Å². The molecule has 2 amide bonds. The van der Waals surface area contributed by atoms with Crippen molar-refractivity contribution in [2.24, 2.45) is 0 Å². The molecule has 4 rings (SSSR count). The Morgan fingerprint density at radius 1 is 1.10 bits per heavy atom. The van der Waals surface area contributed by atoms with Crippen molar-refractivity contribution in [3.8, 4) is 0 Å². The number of unbranched alkanes of at least 4 members (excludes halogenated alkanes) is 1. The van der Waals surface area contributed by atoms with Crippen LogP contribution in [0.5, 0.6) is 0 Å². The maximum absolute atomic E-state index is 13.5.